The lowest BCUT2D eigenvalue weighted by atomic mass is 9.91. The minimum absolute atomic E-state index is 0.0453. The topological polar surface area (TPSA) is 48.1 Å². The zero-order valence-corrected chi connectivity index (χ0v) is 12.9. The number of aromatic nitrogens is 1. The number of halogens is 3. The van der Waals surface area contributed by atoms with Gasteiger partial charge in [0.1, 0.15) is 6.61 Å². The lowest BCUT2D eigenvalue weighted by Crippen LogP contribution is -2.48. The molecule has 6 heteroatoms. The molecule has 0 amide bonds. The molecule has 0 aliphatic carbocycles. The third-order valence-electron chi connectivity index (χ3n) is 3.28. The summed E-state index contributed by atoms with van der Waals surface area (Å²) in [6, 6.07) is 2.90. The van der Waals surface area contributed by atoms with E-state index in [2.05, 4.69) is 11.6 Å². The van der Waals surface area contributed by atoms with Crippen LogP contribution in [0.4, 0.5) is 13.2 Å². The van der Waals surface area contributed by atoms with E-state index in [0.717, 1.165) is 11.6 Å². The summed E-state index contributed by atoms with van der Waals surface area (Å²) >= 11 is 0. The molecule has 0 spiro atoms. The maximum Gasteiger partial charge on any atom is 0.307 e. The van der Waals surface area contributed by atoms with Crippen LogP contribution in [-0.4, -0.2) is 23.2 Å². The highest BCUT2D eigenvalue weighted by Crippen LogP contribution is 2.39. The number of rotatable bonds is 7. The Bertz CT molecular complexity index is 541. The molecule has 0 saturated heterocycles. The van der Waals surface area contributed by atoms with E-state index in [-0.39, 0.29) is 17.5 Å². The van der Waals surface area contributed by atoms with Crippen LogP contribution in [0, 0.1) is 0 Å². The van der Waals surface area contributed by atoms with Crippen LogP contribution in [0.3, 0.4) is 0 Å². The van der Waals surface area contributed by atoms with E-state index >= 15 is 0 Å². The second-order valence-corrected chi connectivity index (χ2v) is 5.21. The Morgan fingerprint density at radius 1 is 1.45 bits per heavy atom. The van der Waals surface area contributed by atoms with E-state index in [9.17, 15) is 13.2 Å². The summed E-state index contributed by atoms with van der Waals surface area (Å²) in [5, 5.41) is 0. The molecule has 1 aromatic rings. The average Bonchev–Trinajstić information content (AvgIpc) is 2.44. The van der Waals surface area contributed by atoms with Gasteiger partial charge >= 0.3 is 5.92 Å². The van der Waals surface area contributed by atoms with Crippen LogP contribution in [0.25, 0.3) is 0 Å². The predicted octanol–water partition coefficient (Wildman–Crippen LogP) is 3.98. The molecule has 0 aliphatic rings. The van der Waals surface area contributed by atoms with Gasteiger partial charge in [0, 0.05) is 18.3 Å². The number of pyridine rings is 1. The fraction of sp³-hybridized carbons (Fsp3) is 0.438. The number of nitrogens with two attached hydrogens (primary N) is 1. The van der Waals surface area contributed by atoms with Crippen molar-refractivity contribution < 1.29 is 17.9 Å². The number of hydrogen-bond donors (Lipinski definition) is 1. The third kappa shape index (κ3) is 3.88. The lowest BCUT2D eigenvalue weighted by Gasteiger charge is -2.31. The molecule has 122 valence electrons. The Morgan fingerprint density at radius 3 is 2.50 bits per heavy atom. The smallest absolute Gasteiger partial charge is 0.307 e. The third-order valence-corrected chi connectivity index (χ3v) is 3.28. The van der Waals surface area contributed by atoms with Gasteiger partial charge in [0.2, 0.25) is 11.5 Å². The number of nitrogens with zero attached hydrogens (tertiary/aromatic N) is 1. The van der Waals surface area contributed by atoms with Gasteiger partial charge in [-0.3, -0.25) is 0 Å². The van der Waals surface area contributed by atoms with Gasteiger partial charge < -0.3 is 10.5 Å². The van der Waals surface area contributed by atoms with Crippen LogP contribution in [0.2, 0.25) is 0 Å². The maximum atomic E-state index is 14.7. The molecule has 0 aromatic carbocycles. The summed E-state index contributed by atoms with van der Waals surface area (Å²) in [6.45, 7) is 6.81. The SMILES string of the molecule is C=C(C)C(F)(COc1ccc(C(C)N)cn1)C(F)(F)/C=C/C. The van der Waals surface area contributed by atoms with E-state index in [4.69, 9.17) is 10.5 Å². The van der Waals surface area contributed by atoms with Gasteiger partial charge in [0.05, 0.1) is 0 Å². The summed E-state index contributed by atoms with van der Waals surface area (Å²) in [4.78, 5) is 3.93. The van der Waals surface area contributed by atoms with Crippen molar-refractivity contribution in [3.8, 4) is 5.88 Å². The number of allylic oxidation sites excluding steroid dienone is 2. The molecule has 1 aromatic heterocycles. The van der Waals surface area contributed by atoms with Gasteiger partial charge in [-0.2, -0.15) is 8.78 Å². The largest absolute Gasteiger partial charge is 0.474 e. The molecular weight excluding hydrogens is 293 g/mol. The van der Waals surface area contributed by atoms with Crippen LogP contribution >= 0.6 is 0 Å². The normalized spacial score (nSPS) is 16.3. The number of hydrogen-bond acceptors (Lipinski definition) is 3. The molecule has 1 heterocycles. The first-order valence-electron chi connectivity index (χ1n) is 6.85. The fourth-order valence-corrected chi connectivity index (χ4v) is 1.77. The Labute approximate surface area is 128 Å². The van der Waals surface area contributed by atoms with Gasteiger partial charge in [0.25, 0.3) is 0 Å². The van der Waals surface area contributed by atoms with Crippen LogP contribution in [0.15, 0.2) is 42.6 Å². The van der Waals surface area contributed by atoms with Gasteiger partial charge in [-0.15, -0.1) is 0 Å². The quantitative estimate of drug-likeness (QED) is 0.775. The summed E-state index contributed by atoms with van der Waals surface area (Å²) in [6.07, 6.45) is 3.05. The van der Waals surface area contributed by atoms with E-state index in [1.165, 1.54) is 26.1 Å². The second-order valence-electron chi connectivity index (χ2n) is 5.21. The van der Waals surface area contributed by atoms with Crippen molar-refractivity contribution in [2.45, 2.75) is 38.4 Å². The van der Waals surface area contributed by atoms with Crippen molar-refractivity contribution in [3.63, 3.8) is 0 Å². The summed E-state index contributed by atoms with van der Waals surface area (Å²) in [5.74, 6) is -3.68. The molecule has 0 bridgehead atoms. The standard InChI is InChI=1S/C16H21F3N2O/c1-5-8-16(18,19)15(17,11(2)3)10-22-14-7-6-13(9-21-14)12(4)20/h5-9,12H,2,10,20H2,1,3-4H3/b8-5+. The molecule has 0 aliphatic heterocycles. The van der Waals surface area contributed by atoms with Crippen LogP contribution < -0.4 is 10.5 Å². The molecular formula is C16H21F3N2O. The van der Waals surface area contributed by atoms with Gasteiger partial charge in [-0.25, -0.2) is 9.37 Å². The monoisotopic (exact) mass is 314 g/mol. The first-order chi connectivity index (χ1) is 10.1. The molecule has 22 heavy (non-hydrogen) atoms. The van der Waals surface area contributed by atoms with Crippen molar-refractivity contribution in [2.75, 3.05) is 6.61 Å². The van der Waals surface area contributed by atoms with Crippen LogP contribution in [0.1, 0.15) is 32.4 Å². The summed E-state index contributed by atoms with van der Waals surface area (Å²) in [5.41, 5.74) is 3.11. The minimum Gasteiger partial charge on any atom is -0.474 e. The fourth-order valence-electron chi connectivity index (χ4n) is 1.77. The Balaban J connectivity index is 2.91. The molecule has 0 saturated carbocycles. The van der Waals surface area contributed by atoms with E-state index in [1.54, 1.807) is 13.0 Å². The maximum absolute atomic E-state index is 14.7. The molecule has 0 fully saturated rings. The highest BCUT2D eigenvalue weighted by molar-refractivity contribution is 5.24. The molecule has 2 N–H and O–H groups in total. The lowest BCUT2D eigenvalue weighted by molar-refractivity contribution is -0.0972. The van der Waals surface area contributed by atoms with E-state index < -0.39 is 18.2 Å². The van der Waals surface area contributed by atoms with Crippen LogP contribution in [0.5, 0.6) is 5.88 Å². The molecule has 1 rings (SSSR count). The van der Waals surface area contributed by atoms with Gasteiger partial charge in [0.15, 0.2) is 0 Å². The molecule has 3 nitrogen and oxygen atoms in total. The molecule has 2 atom stereocenters. The highest BCUT2D eigenvalue weighted by Gasteiger charge is 2.54. The Kier molecular flexibility index (Phi) is 5.77. The molecule has 2 unspecified atom stereocenters. The minimum atomic E-state index is -3.72. The average molecular weight is 314 g/mol. The highest BCUT2D eigenvalue weighted by atomic mass is 19.3. The van der Waals surface area contributed by atoms with Crippen LogP contribution in [-0.2, 0) is 0 Å². The first-order valence-corrected chi connectivity index (χ1v) is 6.85. The van der Waals surface area contributed by atoms with E-state index in [0.29, 0.717) is 6.08 Å². The van der Waals surface area contributed by atoms with Crippen molar-refractivity contribution >= 4 is 0 Å². The predicted molar refractivity (Wildman–Crippen MR) is 80.7 cm³/mol. The summed E-state index contributed by atoms with van der Waals surface area (Å²) in [7, 11) is 0. The number of alkyl halides is 3. The summed E-state index contributed by atoms with van der Waals surface area (Å²) < 4.78 is 47.7. The zero-order valence-electron chi connectivity index (χ0n) is 12.9. The van der Waals surface area contributed by atoms with Gasteiger partial charge in [-0.1, -0.05) is 18.7 Å². The number of ether oxygens (including phenoxy) is 1. The van der Waals surface area contributed by atoms with Crippen molar-refractivity contribution in [3.05, 3.63) is 48.2 Å². The Morgan fingerprint density at radius 2 is 2.09 bits per heavy atom. The second kappa shape index (κ2) is 6.96. The van der Waals surface area contributed by atoms with E-state index in [1.807, 2.05) is 0 Å². The van der Waals surface area contributed by atoms with Crippen molar-refractivity contribution in [1.29, 1.82) is 0 Å². The van der Waals surface area contributed by atoms with Crippen molar-refractivity contribution in [2.24, 2.45) is 5.73 Å². The Hall–Kier alpha value is -1.82. The zero-order chi connectivity index (χ0) is 17.0. The van der Waals surface area contributed by atoms with Crippen molar-refractivity contribution in [1.82, 2.24) is 4.98 Å². The first kappa shape index (κ1) is 18.2. The molecule has 0 radical (unpaired) electrons. The van der Waals surface area contributed by atoms with Gasteiger partial charge in [-0.05, 0) is 38.0 Å².